The third-order valence-electron chi connectivity index (χ3n) is 3.54. The summed E-state index contributed by atoms with van der Waals surface area (Å²) in [5.41, 5.74) is 1.37. The van der Waals surface area contributed by atoms with E-state index in [0.29, 0.717) is 33.1 Å². The summed E-state index contributed by atoms with van der Waals surface area (Å²) in [6.07, 6.45) is 0. The zero-order valence-corrected chi connectivity index (χ0v) is 13.5. The minimum absolute atomic E-state index is 0.166. The van der Waals surface area contributed by atoms with Gasteiger partial charge in [-0.25, -0.2) is 4.79 Å². The van der Waals surface area contributed by atoms with Gasteiger partial charge in [0.15, 0.2) is 6.61 Å². The number of carbonyl (C=O) groups is 1. The molecule has 5 nitrogen and oxygen atoms in total. The van der Waals surface area contributed by atoms with E-state index in [2.05, 4.69) is 0 Å². The maximum atomic E-state index is 12.8. The summed E-state index contributed by atoms with van der Waals surface area (Å²) >= 11 is 5.89. The molecule has 1 heterocycles. The molecular weight excluding hydrogens is 332 g/mol. The Balaban J connectivity index is 2.10. The Bertz CT molecular complexity index is 973. The molecule has 122 valence electrons. The van der Waals surface area contributed by atoms with Gasteiger partial charge in [-0.1, -0.05) is 23.7 Å². The van der Waals surface area contributed by atoms with E-state index in [-0.39, 0.29) is 5.43 Å². The van der Waals surface area contributed by atoms with Crippen molar-refractivity contribution in [3.05, 3.63) is 63.5 Å². The average Bonchev–Trinajstić information content (AvgIpc) is 2.54. The number of rotatable bonds is 4. The smallest absolute Gasteiger partial charge is 0.341 e. The molecule has 24 heavy (non-hydrogen) atoms. The van der Waals surface area contributed by atoms with Gasteiger partial charge < -0.3 is 14.3 Å². The number of carboxylic acid groups (broad SMARTS) is 1. The summed E-state index contributed by atoms with van der Waals surface area (Å²) in [6.45, 7) is 1.24. The van der Waals surface area contributed by atoms with Gasteiger partial charge in [0.1, 0.15) is 17.1 Å². The lowest BCUT2D eigenvalue weighted by Crippen LogP contribution is -2.10. The number of hydrogen-bond acceptors (Lipinski definition) is 4. The normalized spacial score (nSPS) is 10.8. The number of aryl methyl sites for hydroxylation is 1. The predicted octanol–water partition coefficient (Wildman–Crippen LogP) is 3.89. The van der Waals surface area contributed by atoms with Crippen molar-refractivity contribution in [1.82, 2.24) is 0 Å². The van der Waals surface area contributed by atoms with E-state index in [4.69, 9.17) is 25.9 Å². The van der Waals surface area contributed by atoms with Crippen LogP contribution in [0.5, 0.6) is 5.75 Å². The van der Waals surface area contributed by atoms with Crippen LogP contribution in [-0.2, 0) is 4.79 Å². The van der Waals surface area contributed by atoms with E-state index in [9.17, 15) is 9.59 Å². The van der Waals surface area contributed by atoms with Crippen molar-refractivity contribution < 1.29 is 19.1 Å². The number of benzene rings is 2. The van der Waals surface area contributed by atoms with E-state index in [1.807, 2.05) is 0 Å². The molecule has 0 saturated carbocycles. The second kappa shape index (κ2) is 6.37. The topological polar surface area (TPSA) is 76.7 Å². The van der Waals surface area contributed by atoms with Gasteiger partial charge in [-0.15, -0.1) is 0 Å². The van der Waals surface area contributed by atoms with E-state index >= 15 is 0 Å². The predicted molar refractivity (Wildman–Crippen MR) is 90.8 cm³/mol. The first-order valence-electron chi connectivity index (χ1n) is 7.13. The van der Waals surface area contributed by atoms with E-state index < -0.39 is 12.6 Å². The van der Waals surface area contributed by atoms with Gasteiger partial charge in [-0.2, -0.15) is 0 Å². The number of carboxylic acids is 1. The summed E-state index contributed by atoms with van der Waals surface area (Å²) < 4.78 is 10.9. The summed E-state index contributed by atoms with van der Waals surface area (Å²) in [6, 6.07) is 11.6. The molecule has 0 aliphatic rings. The van der Waals surface area contributed by atoms with Crippen LogP contribution in [0, 0.1) is 6.92 Å². The van der Waals surface area contributed by atoms with Crippen molar-refractivity contribution in [2.24, 2.45) is 0 Å². The van der Waals surface area contributed by atoms with Crippen molar-refractivity contribution in [2.75, 3.05) is 6.61 Å². The maximum absolute atomic E-state index is 12.8. The number of halogens is 1. The van der Waals surface area contributed by atoms with Crippen LogP contribution in [-0.4, -0.2) is 17.7 Å². The monoisotopic (exact) mass is 344 g/mol. The van der Waals surface area contributed by atoms with Gasteiger partial charge >= 0.3 is 5.97 Å². The fourth-order valence-electron chi connectivity index (χ4n) is 2.47. The van der Waals surface area contributed by atoms with Crippen LogP contribution in [0.25, 0.3) is 22.1 Å². The van der Waals surface area contributed by atoms with Gasteiger partial charge in [0.05, 0.1) is 10.9 Å². The molecule has 0 atom stereocenters. The van der Waals surface area contributed by atoms with E-state index in [0.717, 1.165) is 5.56 Å². The minimum atomic E-state index is -1.08. The molecule has 0 saturated heterocycles. The highest BCUT2D eigenvalue weighted by atomic mass is 35.5. The van der Waals surface area contributed by atoms with Gasteiger partial charge in [0, 0.05) is 11.1 Å². The molecule has 0 aliphatic heterocycles. The fraction of sp³-hybridized carbons (Fsp3) is 0.111. The molecule has 3 aromatic rings. The molecule has 0 bridgehead atoms. The molecule has 0 radical (unpaired) electrons. The number of aliphatic carboxylic acids is 1. The van der Waals surface area contributed by atoms with Crippen molar-refractivity contribution in [1.29, 1.82) is 0 Å². The Morgan fingerprint density at radius 1 is 1.21 bits per heavy atom. The molecule has 0 fully saturated rings. The number of fused-ring (bicyclic) bond motifs is 1. The third-order valence-corrected chi connectivity index (χ3v) is 3.79. The van der Waals surface area contributed by atoms with Crippen LogP contribution in [0.3, 0.4) is 0 Å². The van der Waals surface area contributed by atoms with Gasteiger partial charge in [-0.05, 0) is 36.8 Å². The van der Waals surface area contributed by atoms with Crippen molar-refractivity contribution in [3.8, 4) is 16.9 Å². The van der Waals surface area contributed by atoms with Gasteiger partial charge in [0.2, 0.25) is 5.43 Å². The molecule has 0 amide bonds. The molecule has 1 N–H and O–H groups in total. The van der Waals surface area contributed by atoms with Crippen molar-refractivity contribution in [2.45, 2.75) is 6.92 Å². The Labute approximate surface area is 142 Å². The lowest BCUT2D eigenvalue weighted by atomic mass is 10.0. The van der Waals surface area contributed by atoms with Crippen LogP contribution in [0.1, 0.15) is 5.76 Å². The standard InChI is InChI=1S/C18H13ClO5/c1-10-17(11-2-4-12(19)5-3-11)18(22)14-7-6-13(8-15(14)24-10)23-9-16(20)21/h2-8H,9H2,1H3,(H,20,21). The van der Waals surface area contributed by atoms with Crippen molar-refractivity contribution >= 4 is 28.5 Å². The first kappa shape index (κ1) is 16.1. The highest BCUT2D eigenvalue weighted by Crippen LogP contribution is 2.27. The molecule has 2 aromatic carbocycles. The molecular formula is C18H13ClO5. The summed E-state index contributed by atoms with van der Waals surface area (Å²) in [4.78, 5) is 23.3. The molecule has 6 heteroatoms. The van der Waals surface area contributed by atoms with E-state index in [1.54, 1.807) is 43.3 Å². The second-order valence-electron chi connectivity index (χ2n) is 5.21. The highest BCUT2D eigenvalue weighted by Gasteiger charge is 2.14. The van der Waals surface area contributed by atoms with Crippen LogP contribution in [0.2, 0.25) is 5.02 Å². The SMILES string of the molecule is Cc1oc2cc(OCC(=O)O)ccc2c(=O)c1-c1ccc(Cl)cc1. The third kappa shape index (κ3) is 3.12. The highest BCUT2D eigenvalue weighted by molar-refractivity contribution is 6.30. The first-order valence-corrected chi connectivity index (χ1v) is 7.51. The first-order chi connectivity index (χ1) is 11.5. The average molecular weight is 345 g/mol. The van der Waals surface area contributed by atoms with Crippen LogP contribution in [0.4, 0.5) is 0 Å². The van der Waals surface area contributed by atoms with Gasteiger partial charge in [0.25, 0.3) is 0 Å². The summed E-state index contributed by atoms with van der Waals surface area (Å²) in [7, 11) is 0. The molecule has 0 unspecified atom stereocenters. The minimum Gasteiger partial charge on any atom is -0.482 e. The lowest BCUT2D eigenvalue weighted by molar-refractivity contribution is -0.139. The summed E-state index contributed by atoms with van der Waals surface area (Å²) in [5.74, 6) is -0.289. The largest absolute Gasteiger partial charge is 0.482 e. The summed E-state index contributed by atoms with van der Waals surface area (Å²) in [5, 5.41) is 9.63. The Hall–Kier alpha value is -2.79. The fourth-order valence-corrected chi connectivity index (χ4v) is 2.60. The Morgan fingerprint density at radius 3 is 2.58 bits per heavy atom. The Kier molecular flexibility index (Phi) is 4.27. The maximum Gasteiger partial charge on any atom is 0.341 e. The van der Waals surface area contributed by atoms with Crippen LogP contribution < -0.4 is 10.2 Å². The lowest BCUT2D eigenvalue weighted by Gasteiger charge is -2.09. The zero-order chi connectivity index (χ0) is 17.3. The second-order valence-corrected chi connectivity index (χ2v) is 5.65. The van der Waals surface area contributed by atoms with Crippen molar-refractivity contribution in [3.63, 3.8) is 0 Å². The molecule has 0 aliphatic carbocycles. The van der Waals surface area contributed by atoms with E-state index in [1.165, 1.54) is 6.07 Å². The van der Waals surface area contributed by atoms with Crippen LogP contribution >= 0.6 is 11.6 Å². The Morgan fingerprint density at radius 2 is 1.92 bits per heavy atom. The molecule has 1 aromatic heterocycles. The molecule has 0 spiro atoms. The molecule has 3 rings (SSSR count). The zero-order valence-electron chi connectivity index (χ0n) is 12.7. The number of ether oxygens (including phenoxy) is 1. The number of hydrogen-bond donors (Lipinski definition) is 1. The van der Waals surface area contributed by atoms with Gasteiger partial charge in [-0.3, -0.25) is 4.79 Å². The van der Waals surface area contributed by atoms with Crippen LogP contribution in [0.15, 0.2) is 51.7 Å². The quantitative estimate of drug-likeness (QED) is 0.777.